The summed E-state index contributed by atoms with van der Waals surface area (Å²) in [6.45, 7) is 3.76. The van der Waals surface area contributed by atoms with E-state index in [1.807, 2.05) is 12.3 Å². The van der Waals surface area contributed by atoms with Gasteiger partial charge < -0.3 is 15.3 Å². The molecule has 5 heteroatoms. The van der Waals surface area contributed by atoms with Crippen molar-refractivity contribution in [2.75, 3.05) is 26.7 Å². The molecule has 1 saturated heterocycles. The molecule has 0 aliphatic carbocycles. The lowest BCUT2D eigenvalue weighted by molar-refractivity contribution is -0.138. The molecule has 1 aliphatic rings. The number of rotatable bonds is 7. The van der Waals surface area contributed by atoms with E-state index >= 15 is 0 Å². The zero-order valence-electron chi connectivity index (χ0n) is 12.7. The lowest BCUT2D eigenvalue weighted by atomic mass is 9.82. The van der Waals surface area contributed by atoms with Crippen LogP contribution in [0.3, 0.4) is 0 Å². The van der Waals surface area contributed by atoms with Gasteiger partial charge in [0.1, 0.15) is 0 Å². The number of pyridine rings is 1. The zero-order valence-corrected chi connectivity index (χ0v) is 12.7. The SMILES string of the molecule is CN(CC[C@@H]1CNCC[C@@H]1CC(=O)O)Cc1cccnc1. The Bertz CT molecular complexity index is 438. The molecule has 0 spiro atoms. The van der Waals surface area contributed by atoms with Gasteiger partial charge >= 0.3 is 5.97 Å². The van der Waals surface area contributed by atoms with E-state index in [1.165, 1.54) is 5.56 Å². The molecular formula is C16H25N3O2. The largest absolute Gasteiger partial charge is 0.481 e. The van der Waals surface area contributed by atoms with Crippen molar-refractivity contribution >= 4 is 5.97 Å². The third-order valence-corrected chi connectivity index (χ3v) is 4.26. The Balaban J connectivity index is 1.78. The Morgan fingerprint density at radius 3 is 3.10 bits per heavy atom. The minimum atomic E-state index is -0.671. The topological polar surface area (TPSA) is 65.5 Å². The second-order valence-electron chi connectivity index (χ2n) is 6.00. The molecule has 0 amide bonds. The summed E-state index contributed by atoms with van der Waals surface area (Å²) in [6, 6.07) is 4.04. The van der Waals surface area contributed by atoms with E-state index in [0.29, 0.717) is 18.3 Å². The molecule has 0 radical (unpaired) electrons. The van der Waals surface area contributed by atoms with Crippen LogP contribution in [-0.4, -0.2) is 47.6 Å². The Labute approximate surface area is 126 Å². The van der Waals surface area contributed by atoms with Crippen molar-refractivity contribution in [1.82, 2.24) is 15.2 Å². The minimum Gasteiger partial charge on any atom is -0.481 e. The van der Waals surface area contributed by atoms with E-state index < -0.39 is 5.97 Å². The van der Waals surface area contributed by atoms with Gasteiger partial charge in [-0.1, -0.05) is 6.07 Å². The number of hydrogen-bond donors (Lipinski definition) is 2. The van der Waals surface area contributed by atoms with Crippen molar-refractivity contribution in [2.24, 2.45) is 11.8 Å². The average Bonchev–Trinajstić information content (AvgIpc) is 2.47. The van der Waals surface area contributed by atoms with Gasteiger partial charge in [-0.2, -0.15) is 0 Å². The van der Waals surface area contributed by atoms with Gasteiger partial charge in [0.15, 0.2) is 0 Å². The summed E-state index contributed by atoms with van der Waals surface area (Å²) in [5.41, 5.74) is 1.21. The van der Waals surface area contributed by atoms with Crippen LogP contribution in [0.15, 0.2) is 24.5 Å². The van der Waals surface area contributed by atoms with Crippen LogP contribution >= 0.6 is 0 Å². The Hall–Kier alpha value is -1.46. The highest BCUT2D eigenvalue weighted by Gasteiger charge is 2.26. The van der Waals surface area contributed by atoms with Crippen LogP contribution in [0.2, 0.25) is 0 Å². The second-order valence-corrected chi connectivity index (χ2v) is 6.00. The van der Waals surface area contributed by atoms with Gasteiger partial charge in [-0.05, 0) is 63.0 Å². The highest BCUT2D eigenvalue weighted by molar-refractivity contribution is 5.67. The molecule has 2 N–H and O–H groups in total. The summed E-state index contributed by atoms with van der Waals surface area (Å²) in [5, 5.41) is 12.4. The molecule has 1 aliphatic heterocycles. The Kier molecular flexibility index (Phi) is 6.14. The first-order chi connectivity index (χ1) is 10.1. The molecule has 116 valence electrons. The number of aromatic nitrogens is 1. The summed E-state index contributed by atoms with van der Waals surface area (Å²) in [4.78, 5) is 17.4. The first-order valence-corrected chi connectivity index (χ1v) is 7.65. The van der Waals surface area contributed by atoms with Gasteiger partial charge in [-0.3, -0.25) is 9.78 Å². The van der Waals surface area contributed by atoms with E-state index in [-0.39, 0.29) is 0 Å². The molecule has 2 atom stereocenters. The lowest BCUT2D eigenvalue weighted by Gasteiger charge is -2.32. The maximum atomic E-state index is 11.0. The smallest absolute Gasteiger partial charge is 0.303 e. The van der Waals surface area contributed by atoms with E-state index in [0.717, 1.165) is 39.0 Å². The fourth-order valence-electron chi connectivity index (χ4n) is 3.08. The van der Waals surface area contributed by atoms with Gasteiger partial charge in [0, 0.05) is 25.4 Å². The number of aliphatic carboxylic acids is 1. The molecule has 0 saturated carbocycles. The van der Waals surface area contributed by atoms with Gasteiger partial charge in [0.25, 0.3) is 0 Å². The van der Waals surface area contributed by atoms with Gasteiger partial charge in [0.2, 0.25) is 0 Å². The van der Waals surface area contributed by atoms with Crippen molar-refractivity contribution in [3.05, 3.63) is 30.1 Å². The zero-order chi connectivity index (χ0) is 15.1. The van der Waals surface area contributed by atoms with Crippen LogP contribution in [0.25, 0.3) is 0 Å². The monoisotopic (exact) mass is 291 g/mol. The fraction of sp³-hybridized carbons (Fsp3) is 0.625. The number of carbonyl (C=O) groups is 1. The van der Waals surface area contributed by atoms with Crippen LogP contribution < -0.4 is 5.32 Å². The van der Waals surface area contributed by atoms with E-state index in [2.05, 4.69) is 28.3 Å². The van der Waals surface area contributed by atoms with Crippen LogP contribution in [0.5, 0.6) is 0 Å². The highest BCUT2D eigenvalue weighted by Crippen LogP contribution is 2.25. The standard InChI is InChI=1S/C16H25N3O2/c1-19(12-13-3-2-6-17-10-13)8-5-15-11-18-7-4-14(15)9-16(20)21/h2-3,6,10,14-15,18H,4-5,7-9,11-12H2,1H3,(H,20,21)/t14-,15-/m1/s1. The molecule has 0 bridgehead atoms. The van der Waals surface area contributed by atoms with Gasteiger partial charge in [-0.15, -0.1) is 0 Å². The summed E-state index contributed by atoms with van der Waals surface area (Å²) >= 11 is 0. The molecule has 5 nitrogen and oxygen atoms in total. The predicted octanol–water partition coefficient (Wildman–Crippen LogP) is 1.60. The third-order valence-electron chi connectivity index (χ3n) is 4.26. The summed E-state index contributed by atoms with van der Waals surface area (Å²) in [6.07, 6.45) is 6.00. The number of piperidine rings is 1. The van der Waals surface area contributed by atoms with Crippen molar-refractivity contribution in [3.8, 4) is 0 Å². The van der Waals surface area contributed by atoms with Crippen molar-refractivity contribution < 1.29 is 9.90 Å². The van der Waals surface area contributed by atoms with Gasteiger partial charge in [-0.25, -0.2) is 0 Å². The minimum absolute atomic E-state index is 0.304. The van der Waals surface area contributed by atoms with Crippen molar-refractivity contribution in [3.63, 3.8) is 0 Å². The Morgan fingerprint density at radius 1 is 1.52 bits per heavy atom. The van der Waals surface area contributed by atoms with Crippen LogP contribution in [0.4, 0.5) is 0 Å². The predicted molar refractivity (Wildman–Crippen MR) is 81.9 cm³/mol. The lowest BCUT2D eigenvalue weighted by Crippen LogP contribution is -2.39. The average molecular weight is 291 g/mol. The molecule has 2 heterocycles. The summed E-state index contributed by atoms with van der Waals surface area (Å²) < 4.78 is 0. The van der Waals surface area contributed by atoms with E-state index in [1.54, 1.807) is 6.20 Å². The quantitative estimate of drug-likeness (QED) is 0.799. The molecule has 1 aromatic rings. The maximum Gasteiger partial charge on any atom is 0.303 e. The number of nitrogens with zero attached hydrogens (tertiary/aromatic N) is 2. The van der Waals surface area contributed by atoms with Gasteiger partial charge in [0.05, 0.1) is 0 Å². The molecule has 0 unspecified atom stereocenters. The van der Waals surface area contributed by atoms with Crippen LogP contribution in [-0.2, 0) is 11.3 Å². The van der Waals surface area contributed by atoms with Crippen molar-refractivity contribution in [1.29, 1.82) is 0 Å². The number of carboxylic acids is 1. The maximum absolute atomic E-state index is 11.0. The first-order valence-electron chi connectivity index (χ1n) is 7.65. The molecule has 2 rings (SSSR count). The van der Waals surface area contributed by atoms with E-state index in [9.17, 15) is 4.79 Å². The fourth-order valence-corrected chi connectivity index (χ4v) is 3.08. The van der Waals surface area contributed by atoms with Crippen LogP contribution in [0, 0.1) is 11.8 Å². The first kappa shape index (κ1) is 15.9. The number of hydrogen-bond acceptors (Lipinski definition) is 4. The summed E-state index contributed by atoms with van der Waals surface area (Å²) in [7, 11) is 2.11. The normalized spacial score (nSPS) is 22.4. The van der Waals surface area contributed by atoms with E-state index in [4.69, 9.17) is 5.11 Å². The third kappa shape index (κ3) is 5.44. The van der Waals surface area contributed by atoms with Crippen LogP contribution in [0.1, 0.15) is 24.8 Å². The highest BCUT2D eigenvalue weighted by atomic mass is 16.4. The summed E-state index contributed by atoms with van der Waals surface area (Å²) in [5.74, 6) is 0.109. The number of nitrogens with one attached hydrogen (secondary N) is 1. The molecule has 1 aromatic heterocycles. The Morgan fingerprint density at radius 2 is 2.38 bits per heavy atom. The molecule has 1 fully saturated rings. The molecule has 0 aromatic carbocycles. The number of carboxylic acid groups (broad SMARTS) is 1. The van der Waals surface area contributed by atoms with Crippen molar-refractivity contribution in [2.45, 2.75) is 25.8 Å². The molecule has 21 heavy (non-hydrogen) atoms. The molecular weight excluding hydrogens is 266 g/mol. The second kappa shape index (κ2) is 8.10.